The summed E-state index contributed by atoms with van der Waals surface area (Å²) >= 11 is 3.19. The standard InChI is InChI=1S/C24H26N4O2S2/c1-16-17(23(30)27-24(26-16)31-2)12-13-22(29)25-14-7-15-28-18-8-3-5-10-20(18)32-21-11-6-4-9-19(21)28/h3-6,8-11H,7,12-15H2,1-2H3,(H,25,29)(H,26,27,30). The second-order valence-electron chi connectivity index (χ2n) is 7.53. The molecule has 1 amide bonds. The van der Waals surface area contributed by atoms with Crippen molar-refractivity contribution in [3.8, 4) is 0 Å². The van der Waals surface area contributed by atoms with Crippen LogP contribution in [0, 0.1) is 6.92 Å². The van der Waals surface area contributed by atoms with Gasteiger partial charge in [0.2, 0.25) is 5.91 Å². The second-order valence-corrected chi connectivity index (χ2v) is 9.41. The lowest BCUT2D eigenvalue weighted by molar-refractivity contribution is -0.121. The Kier molecular flexibility index (Phi) is 7.22. The van der Waals surface area contributed by atoms with Crippen LogP contribution in [0.2, 0.25) is 0 Å². The summed E-state index contributed by atoms with van der Waals surface area (Å²) in [4.78, 5) is 36.5. The highest BCUT2D eigenvalue weighted by atomic mass is 32.2. The van der Waals surface area contributed by atoms with E-state index in [1.54, 1.807) is 11.8 Å². The Hall–Kier alpha value is -2.71. The molecule has 32 heavy (non-hydrogen) atoms. The summed E-state index contributed by atoms with van der Waals surface area (Å²) in [6, 6.07) is 16.8. The molecule has 1 aliphatic heterocycles. The molecule has 0 fully saturated rings. The van der Waals surface area contributed by atoms with Gasteiger partial charge in [-0.25, -0.2) is 4.98 Å². The van der Waals surface area contributed by atoms with Crippen LogP contribution in [0.15, 0.2) is 68.3 Å². The van der Waals surface area contributed by atoms with Crippen molar-refractivity contribution < 1.29 is 4.79 Å². The summed E-state index contributed by atoms with van der Waals surface area (Å²) in [6.45, 7) is 3.22. The van der Waals surface area contributed by atoms with Gasteiger partial charge in [0.15, 0.2) is 5.16 Å². The Morgan fingerprint density at radius 3 is 2.41 bits per heavy atom. The van der Waals surface area contributed by atoms with Gasteiger partial charge in [0.1, 0.15) is 0 Å². The van der Waals surface area contributed by atoms with Crippen molar-refractivity contribution >= 4 is 40.8 Å². The topological polar surface area (TPSA) is 78.1 Å². The number of para-hydroxylation sites is 2. The molecule has 4 rings (SSSR count). The smallest absolute Gasteiger partial charge is 0.254 e. The first-order chi connectivity index (χ1) is 15.6. The number of amides is 1. The normalized spacial score (nSPS) is 12.2. The SMILES string of the molecule is CSc1nc(C)c(CCC(=O)NCCCN2c3ccccc3Sc3ccccc32)c(=O)[nH]1. The summed E-state index contributed by atoms with van der Waals surface area (Å²) in [5, 5.41) is 3.59. The lowest BCUT2D eigenvalue weighted by atomic mass is 10.1. The predicted octanol–water partition coefficient (Wildman–Crippen LogP) is 4.54. The molecule has 0 aliphatic carbocycles. The minimum Gasteiger partial charge on any atom is -0.356 e. The summed E-state index contributed by atoms with van der Waals surface area (Å²) in [5.41, 5.74) is 3.52. The molecule has 0 saturated carbocycles. The number of hydrogen-bond donors (Lipinski definition) is 2. The zero-order valence-corrected chi connectivity index (χ0v) is 19.8. The van der Waals surface area contributed by atoms with E-state index in [-0.39, 0.29) is 17.9 Å². The Morgan fingerprint density at radius 1 is 1.12 bits per heavy atom. The van der Waals surface area contributed by atoms with Gasteiger partial charge in [-0.15, -0.1) is 0 Å². The fraction of sp³-hybridized carbons (Fsp3) is 0.292. The molecule has 6 nitrogen and oxygen atoms in total. The summed E-state index contributed by atoms with van der Waals surface area (Å²) in [7, 11) is 0. The third-order valence-corrected chi connectivity index (χ3v) is 7.12. The number of aromatic amines is 1. The van der Waals surface area contributed by atoms with Crippen LogP contribution in [-0.2, 0) is 11.2 Å². The van der Waals surface area contributed by atoms with Gasteiger partial charge >= 0.3 is 0 Å². The van der Waals surface area contributed by atoms with Crippen LogP contribution in [0.5, 0.6) is 0 Å². The van der Waals surface area contributed by atoms with E-state index >= 15 is 0 Å². The number of fused-ring (bicyclic) bond motifs is 2. The molecule has 8 heteroatoms. The van der Waals surface area contributed by atoms with Crippen molar-refractivity contribution in [3.63, 3.8) is 0 Å². The molecule has 2 heterocycles. The van der Waals surface area contributed by atoms with Crippen LogP contribution >= 0.6 is 23.5 Å². The van der Waals surface area contributed by atoms with Crippen LogP contribution in [0.1, 0.15) is 24.1 Å². The first kappa shape index (κ1) is 22.5. The van der Waals surface area contributed by atoms with Crippen molar-refractivity contribution in [1.29, 1.82) is 0 Å². The molecule has 0 atom stereocenters. The summed E-state index contributed by atoms with van der Waals surface area (Å²) < 4.78 is 0. The minimum atomic E-state index is -0.157. The van der Waals surface area contributed by atoms with Crippen molar-refractivity contribution in [2.24, 2.45) is 0 Å². The molecular formula is C24H26N4O2S2. The van der Waals surface area contributed by atoms with Crippen LogP contribution in [0.4, 0.5) is 11.4 Å². The highest BCUT2D eigenvalue weighted by Gasteiger charge is 2.22. The molecular weight excluding hydrogens is 440 g/mol. The molecule has 0 unspecified atom stereocenters. The monoisotopic (exact) mass is 466 g/mol. The molecule has 2 aromatic carbocycles. The third kappa shape index (κ3) is 5.02. The van der Waals surface area contributed by atoms with Crippen molar-refractivity contribution in [2.45, 2.75) is 41.1 Å². The van der Waals surface area contributed by atoms with Gasteiger partial charge in [-0.05, 0) is 50.3 Å². The molecule has 2 N–H and O–H groups in total. The number of aromatic nitrogens is 2. The van der Waals surface area contributed by atoms with Gasteiger partial charge in [0.25, 0.3) is 5.56 Å². The fourth-order valence-electron chi connectivity index (χ4n) is 3.79. The average Bonchev–Trinajstić information content (AvgIpc) is 2.80. The Labute approximate surface area is 196 Å². The van der Waals surface area contributed by atoms with Crippen LogP contribution in [-0.4, -0.2) is 35.2 Å². The lowest BCUT2D eigenvalue weighted by Crippen LogP contribution is -2.29. The first-order valence-electron chi connectivity index (χ1n) is 10.6. The third-order valence-electron chi connectivity index (χ3n) is 5.41. The van der Waals surface area contributed by atoms with E-state index in [4.69, 9.17) is 0 Å². The number of carbonyl (C=O) groups is 1. The number of nitrogens with zero attached hydrogens (tertiary/aromatic N) is 2. The molecule has 0 spiro atoms. The number of H-pyrrole nitrogens is 1. The second kappa shape index (κ2) is 10.3. The minimum absolute atomic E-state index is 0.0484. The zero-order chi connectivity index (χ0) is 22.5. The van der Waals surface area contributed by atoms with E-state index in [9.17, 15) is 9.59 Å². The van der Waals surface area contributed by atoms with Crippen molar-refractivity contribution in [1.82, 2.24) is 15.3 Å². The van der Waals surface area contributed by atoms with Crippen LogP contribution in [0.3, 0.4) is 0 Å². The maximum atomic E-state index is 12.3. The molecule has 0 bridgehead atoms. The average molecular weight is 467 g/mol. The number of benzene rings is 2. The lowest BCUT2D eigenvalue weighted by Gasteiger charge is -2.32. The Bertz CT molecular complexity index is 1130. The van der Waals surface area contributed by atoms with Gasteiger partial charge in [-0.1, -0.05) is 47.8 Å². The van der Waals surface area contributed by atoms with Crippen LogP contribution in [0.25, 0.3) is 0 Å². The van der Waals surface area contributed by atoms with Crippen molar-refractivity contribution in [2.75, 3.05) is 24.2 Å². The number of aryl methyl sites for hydroxylation is 1. The number of carbonyl (C=O) groups excluding carboxylic acids is 1. The quantitative estimate of drug-likeness (QED) is 0.288. The predicted molar refractivity (Wildman–Crippen MR) is 131 cm³/mol. The van der Waals surface area contributed by atoms with Gasteiger partial charge < -0.3 is 15.2 Å². The summed E-state index contributed by atoms with van der Waals surface area (Å²) in [5.74, 6) is -0.0484. The highest BCUT2D eigenvalue weighted by molar-refractivity contribution is 7.99. The molecule has 0 saturated heterocycles. The van der Waals surface area contributed by atoms with E-state index < -0.39 is 0 Å². The highest BCUT2D eigenvalue weighted by Crippen LogP contribution is 2.47. The van der Waals surface area contributed by atoms with Crippen molar-refractivity contribution in [3.05, 3.63) is 70.1 Å². The fourth-order valence-corrected chi connectivity index (χ4v) is 5.31. The van der Waals surface area contributed by atoms with Gasteiger partial charge in [-0.3, -0.25) is 9.59 Å². The van der Waals surface area contributed by atoms with Gasteiger partial charge in [-0.2, -0.15) is 0 Å². The maximum absolute atomic E-state index is 12.3. The number of anilines is 2. The van der Waals surface area contributed by atoms with E-state index in [0.29, 0.717) is 29.4 Å². The molecule has 1 aromatic heterocycles. The Morgan fingerprint density at radius 2 is 1.78 bits per heavy atom. The molecule has 3 aromatic rings. The van der Waals surface area contributed by atoms with E-state index in [1.807, 2.05) is 13.2 Å². The van der Waals surface area contributed by atoms with E-state index in [2.05, 4.69) is 68.7 Å². The number of rotatable bonds is 8. The molecule has 1 aliphatic rings. The van der Waals surface area contributed by atoms with Crippen LogP contribution < -0.4 is 15.8 Å². The summed E-state index contributed by atoms with van der Waals surface area (Å²) in [6.07, 6.45) is 3.35. The molecule has 166 valence electrons. The Balaban J connectivity index is 1.31. The van der Waals surface area contributed by atoms with Gasteiger partial charge in [0, 0.05) is 40.6 Å². The largest absolute Gasteiger partial charge is 0.356 e. The molecule has 0 radical (unpaired) electrons. The number of thioether (sulfide) groups is 1. The number of nitrogens with one attached hydrogen (secondary N) is 2. The van der Waals surface area contributed by atoms with E-state index in [1.165, 1.54) is 32.9 Å². The first-order valence-corrected chi connectivity index (χ1v) is 12.6. The maximum Gasteiger partial charge on any atom is 0.254 e. The number of hydrogen-bond acceptors (Lipinski definition) is 6. The van der Waals surface area contributed by atoms with Gasteiger partial charge in [0.05, 0.1) is 11.4 Å². The van der Waals surface area contributed by atoms with E-state index in [0.717, 1.165) is 13.0 Å². The zero-order valence-electron chi connectivity index (χ0n) is 18.2.